The Morgan fingerprint density at radius 2 is 1.71 bits per heavy atom. The molecule has 0 unspecified atom stereocenters. The van der Waals surface area contributed by atoms with Crippen LogP contribution >= 0.6 is 23.2 Å². The number of hydrogen-bond donors (Lipinski definition) is 0. The monoisotopic (exact) mass is 417 g/mol. The second-order valence-corrected chi connectivity index (χ2v) is 8.05. The molecule has 146 valence electrons. The highest BCUT2D eigenvalue weighted by molar-refractivity contribution is 6.36. The topological polar surface area (TPSA) is 46.6 Å². The number of rotatable bonds is 5. The summed E-state index contributed by atoms with van der Waals surface area (Å²) < 4.78 is 5.14. The van der Waals surface area contributed by atoms with Gasteiger partial charge in [0.15, 0.2) is 12.4 Å². The fourth-order valence-electron chi connectivity index (χ4n) is 3.50. The van der Waals surface area contributed by atoms with Gasteiger partial charge in [0.25, 0.3) is 0 Å². The van der Waals surface area contributed by atoms with Gasteiger partial charge < -0.3 is 9.64 Å². The summed E-state index contributed by atoms with van der Waals surface area (Å²) in [4.78, 5) is 26.5. The molecule has 0 N–H and O–H groups in total. The number of benzene rings is 2. The molecular formula is C22H21Cl2NO3. The molecule has 0 aliphatic carbocycles. The van der Waals surface area contributed by atoms with Crippen molar-refractivity contribution in [2.24, 2.45) is 0 Å². The lowest BCUT2D eigenvalue weighted by Crippen LogP contribution is -2.25. The SMILES string of the molecule is CN1C(=CC(=O)COC(=O)Cc2c(Cl)cccc2Cl)C(C)(C)c2ccccc21. The van der Waals surface area contributed by atoms with Crippen molar-refractivity contribution >= 4 is 40.6 Å². The number of likely N-dealkylation sites (N-methyl/N-ethyl adjacent to an activating group) is 1. The first-order valence-corrected chi connectivity index (χ1v) is 9.64. The largest absolute Gasteiger partial charge is 0.457 e. The number of ketones is 1. The maximum Gasteiger partial charge on any atom is 0.310 e. The number of fused-ring (bicyclic) bond motifs is 1. The molecule has 0 amide bonds. The Kier molecular flexibility index (Phi) is 5.82. The van der Waals surface area contributed by atoms with E-state index >= 15 is 0 Å². The molecule has 0 saturated carbocycles. The molecule has 2 aromatic rings. The third kappa shape index (κ3) is 3.94. The van der Waals surface area contributed by atoms with Crippen molar-refractivity contribution in [2.45, 2.75) is 25.7 Å². The number of nitrogens with zero attached hydrogens (tertiary/aromatic N) is 1. The molecule has 1 aliphatic heterocycles. The van der Waals surface area contributed by atoms with Crippen LogP contribution in [-0.4, -0.2) is 25.4 Å². The summed E-state index contributed by atoms with van der Waals surface area (Å²) in [6, 6.07) is 13.1. The molecule has 0 atom stereocenters. The van der Waals surface area contributed by atoms with Crippen molar-refractivity contribution in [1.29, 1.82) is 0 Å². The summed E-state index contributed by atoms with van der Waals surface area (Å²) in [7, 11) is 1.93. The second kappa shape index (κ2) is 7.98. The number of hydrogen-bond acceptors (Lipinski definition) is 4. The molecule has 6 heteroatoms. The second-order valence-electron chi connectivity index (χ2n) is 7.23. The van der Waals surface area contributed by atoms with Crippen LogP contribution in [0.4, 0.5) is 5.69 Å². The third-order valence-corrected chi connectivity index (χ3v) is 5.70. The van der Waals surface area contributed by atoms with Crippen LogP contribution in [0.2, 0.25) is 10.0 Å². The predicted octanol–water partition coefficient (Wildman–Crippen LogP) is 4.96. The van der Waals surface area contributed by atoms with Gasteiger partial charge in [0.1, 0.15) is 0 Å². The van der Waals surface area contributed by atoms with Gasteiger partial charge in [-0.15, -0.1) is 0 Å². The maximum atomic E-state index is 12.4. The van der Waals surface area contributed by atoms with Crippen molar-refractivity contribution in [1.82, 2.24) is 0 Å². The first-order chi connectivity index (χ1) is 13.2. The zero-order chi connectivity index (χ0) is 20.5. The zero-order valence-corrected chi connectivity index (χ0v) is 17.5. The van der Waals surface area contributed by atoms with E-state index in [9.17, 15) is 9.59 Å². The van der Waals surface area contributed by atoms with Gasteiger partial charge in [0, 0.05) is 45.5 Å². The van der Waals surface area contributed by atoms with Crippen LogP contribution in [-0.2, 0) is 26.2 Å². The minimum Gasteiger partial charge on any atom is -0.457 e. The Bertz CT molecular complexity index is 946. The van der Waals surface area contributed by atoms with Crippen molar-refractivity contribution in [3.8, 4) is 0 Å². The molecule has 2 aromatic carbocycles. The van der Waals surface area contributed by atoms with Gasteiger partial charge in [-0.25, -0.2) is 0 Å². The number of carbonyl (C=O) groups is 2. The van der Waals surface area contributed by atoms with Crippen LogP contribution < -0.4 is 4.90 Å². The molecule has 3 rings (SSSR count). The van der Waals surface area contributed by atoms with Crippen LogP contribution in [0.15, 0.2) is 54.2 Å². The average molecular weight is 418 g/mol. The van der Waals surface area contributed by atoms with Crippen molar-refractivity contribution in [3.05, 3.63) is 75.4 Å². The minimum absolute atomic E-state index is 0.0841. The number of halogens is 2. The lowest BCUT2D eigenvalue weighted by Gasteiger charge is -2.23. The van der Waals surface area contributed by atoms with E-state index in [1.165, 1.54) is 0 Å². The quantitative estimate of drug-likeness (QED) is 0.509. The van der Waals surface area contributed by atoms with Crippen LogP contribution in [0.5, 0.6) is 0 Å². The molecule has 0 bridgehead atoms. The van der Waals surface area contributed by atoms with Crippen LogP contribution in [0.25, 0.3) is 0 Å². The number of carbonyl (C=O) groups excluding carboxylic acids is 2. The average Bonchev–Trinajstić information content (AvgIpc) is 2.84. The number of para-hydroxylation sites is 1. The van der Waals surface area contributed by atoms with Gasteiger partial charge in [0.05, 0.1) is 6.42 Å². The maximum absolute atomic E-state index is 12.4. The summed E-state index contributed by atoms with van der Waals surface area (Å²) in [5.74, 6) is -0.828. The number of anilines is 1. The van der Waals surface area contributed by atoms with E-state index in [-0.39, 0.29) is 24.2 Å². The Hall–Kier alpha value is -2.30. The summed E-state index contributed by atoms with van der Waals surface area (Å²) >= 11 is 12.1. The normalized spacial score (nSPS) is 16.2. The Labute approximate surface area is 174 Å². The smallest absolute Gasteiger partial charge is 0.310 e. The molecule has 0 radical (unpaired) electrons. The fraction of sp³-hybridized carbons (Fsp3) is 0.273. The highest BCUT2D eigenvalue weighted by Gasteiger charge is 2.38. The van der Waals surface area contributed by atoms with Gasteiger partial charge in [-0.3, -0.25) is 9.59 Å². The van der Waals surface area contributed by atoms with Gasteiger partial charge in [-0.2, -0.15) is 0 Å². The molecule has 0 fully saturated rings. The Balaban J connectivity index is 1.67. The van der Waals surface area contributed by atoms with Gasteiger partial charge in [0.2, 0.25) is 0 Å². The molecule has 1 heterocycles. The van der Waals surface area contributed by atoms with E-state index < -0.39 is 5.97 Å². The Morgan fingerprint density at radius 1 is 1.07 bits per heavy atom. The van der Waals surface area contributed by atoms with Crippen molar-refractivity contribution < 1.29 is 14.3 Å². The van der Waals surface area contributed by atoms with E-state index in [1.807, 2.05) is 30.1 Å². The number of ether oxygens (including phenoxy) is 1. The van der Waals surface area contributed by atoms with E-state index in [2.05, 4.69) is 19.9 Å². The summed E-state index contributed by atoms with van der Waals surface area (Å²) in [5, 5.41) is 0.787. The van der Waals surface area contributed by atoms with Crippen LogP contribution in [0.1, 0.15) is 25.0 Å². The van der Waals surface area contributed by atoms with Crippen molar-refractivity contribution in [3.63, 3.8) is 0 Å². The van der Waals surface area contributed by atoms with Gasteiger partial charge in [-0.1, -0.05) is 61.3 Å². The minimum atomic E-state index is -0.552. The molecule has 4 nitrogen and oxygen atoms in total. The van der Waals surface area contributed by atoms with Crippen molar-refractivity contribution in [2.75, 3.05) is 18.6 Å². The summed E-state index contributed by atoms with van der Waals surface area (Å²) in [6.45, 7) is 3.81. The van der Waals surface area contributed by atoms with E-state index in [0.29, 0.717) is 15.6 Å². The summed E-state index contributed by atoms with van der Waals surface area (Å²) in [6.07, 6.45) is 1.47. The molecule has 28 heavy (non-hydrogen) atoms. The molecule has 0 spiro atoms. The third-order valence-electron chi connectivity index (χ3n) is 5.00. The standard InChI is InChI=1S/C22H21Cl2NO3/c1-22(2)16-7-4-5-10-19(16)25(3)20(22)11-14(26)13-28-21(27)12-15-17(23)8-6-9-18(15)24/h4-11H,12-13H2,1-3H3. The number of allylic oxidation sites excluding steroid dienone is 1. The Morgan fingerprint density at radius 3 is 2.36 bits per heavy atom. The van der Waals surface area contributed by atoms with E-state index in [1.54, 1.807) is 24.3 Å². The molecular weight excluding hydrogens is 397 g/mol. The first kappa shape index (κ1) is 20.4. The predicted molar refractivity (Wildman–Crippen MR) is 112 cm³/mol. The molecule has 1 aliphatic rings. The lowest BCUT2D eigenvalue weighted by molar-refractivity contribution is -0.146. The molecule has 0 aromatic heterocycles. The van der Waals surface area contributed by atoms with Gasteiger partial charge >= 0.3 is 5.97 Å². The van der Waals surface area contributed by atoms with Crippen LogP contribution in [0, 0.1) is 0 Å². The number of esters is 1. The van der Waals surface area contributed by atoms with Gasteiger partial charge in [-0.05, 0) is 23.8 Å². The highest BCUT2D eigenvalue weighted by Crippen LogP contribution is 2.46. The summed E-state index contributed by atoms with van der Waals surface area (Å²) in [5.41, 5.74) is 3.27. The van der Waals surface area contributed by atoms with E-state index in [0.717, 1.165) is 16.9 Å². The highest BCUT2D eigenvalue weighted by atomic mass is 35.5. The van der Waals surface area contributed by atoms with E-state index in [4.69, 9.17) is 27.9 Å². The first-order valence-electron chi connectivity index (χ1n) is 8.88. The zero-order valence-electron chi connectivity index (χ0n) is 16.0. The fourth-order valence-corrected chi connectivity index (χ4v) is 4.03. The van der Waals surface area contributed by atoms with Crippen LogP contribution in [0.3, 0.4) is 0 Å². The molecule has 0 saturated heterocycles. The lowest BCUT2D eigenvalue weighted by atomic mass is 9.83.